The van der Waals surface area contributed by atoms with E-state index >= 15 is 0 Å². The number of aromatic nitrogens is 3. The molecule has 0 spiro atoms. The standard InChI is InChI=1S/C22H13Cl2N3/c23-21-13-18(25-22(24)26-21)14-6-5-7-15(12-14)27-19-10-3-1-8-16(19)17-9-2-4-11-20(17)27/h1-13H. The number of hydrogen-bond donors (Lipinski definition) is 0. The lowest BCUT2D eigenvalue weighted by atomic mass is 10.1. The van der Waals surface area contributed by atoms with Crippen LogP contribution in [-0.2, 0) is 0 Å². The summed E-state index contributed by atoms with van der Waals surface area (Å²) in [5, 5.41) is 2.92. The molecule has 0 aliphatic carbocycles. The van der Waals surface area contributed by atoms with Crippen LogP contribution in [0.4, 0.5) is 0 Å². The van der Waals surface area contributed by atoms with Crippen LogP contribution in [0.3, 0.4) is 0 Å². The van der Waals surface area contributed by atoms with Gasteiger partial charge in [0, 0.05) is 28.1 Å². The third-order valence-electron chi connectivity index (χ3n) is 4.65. The van der Waals surface area contributed by atoms with E-state index in [1.807, 2.05) is 12.1 Å². The quantitative estimate of drug-likeness (QED) is 0.253. The lowest BCUT2D eigenvalue weighted by Gasteiger charge is -2.10. The van der Waals surface area contributed by atoms with E-state index in [1.165, 1.54) is 10.8 Å². The van der Waals surface area contributed by atoms with E-state index in [1.54, 1.807) is 6.07 Å². The number of benzene rings is 3. The number of hydrogen-bond acceptors (Lipinski definition) is 2. The Labute approximate surface area is 165 Å². The van der Waals surface area contributed by atoms with E-state index in [2.05, 4.69) is 75.2 Å². The van der Waals surface area contributed by atoms with Crippen molar-refractivity contribution in [2.24, 2.45) is 0 Å². The van der Waals surface area contributed by atoms with Crippen molar-refractivity contribution >= 4 is 45.0 Å². The zero-order chi connectivity index (χ0) is 18.4. The van der Waals surface area contributed by atoms with E-state index in [9.17, 15) is 0 Å². The molecule has 5 aromatic rings. The highest BCUT2D eigenvalue weighted by molar-refractivity contribution is 6.32. The Bertz CT molecular complexity index is 1230. The van der Waals surface area contributed by atoms with Crippen LogP contribution < -0.4 is 0 Å². The Morgan fingerprint density at radius 2 is 1.33 bits per heavy atom. The number of para-hydroxylation sites is 2. The molecule has 5 rings (SSSR count). The lowest BCUT2D eigenvalue weighted by molar-refractivity contribution is 1.16. The molecule has 0 amide bonds. The minimum atomic E-state index is 0.139. The van der Waals surface area contributed by atoms with Gasteiger partial charge in [0.2, 0.25) is 5.28 Å². The Hall–Kier alpha value is -2.88. The van der Waals surface area contributed by atoms with Crippen molar-refractivity contribution in [3.8, 4) is 16.9 Å². The maximum absolute atomic E-state index is 6.05. The lowest BCUT2D eigenvalue weighted by Crippen LogP contribution is -1.95. The number of fused-ring (bicyclic) bond motifs is 3. The minimum Gasteiger partial charge on any atom is -0.309 e. The average molecular weight is 390 g/mol. The summed E-state index contributed by atoms with van der Waals surface area (Å²) in [6, 6.07) is 26.8. The van der Waals surface area contributed by atoms with Gasteiger partial charge >= 0.3 is 0 Å². The van der Waals surface area contributed by atoms with Crippen molar-refractivity contribution in [1.29, 1.82) is 0 Å². The van der Waals surface area contributed by atoms with Crippen molar-refractivity contribution in [3.05, 3.63) is 89.3 Å². The third-order valence-corrected chi connectivity index (χ3v) is 5.01. The summed E-state index contributed by atoms with van der Waals surface area (Å²) in [5.41, 5.74) is 5.00. The van der Waals surface area contributed by atoms with Gasteiger partial charge in [0.05, 0.1) is 16.7 Å². The molecule has 0 fully saturated rings. The summed E-state index contributed by atoms with van der Waals surface area (Å²) in [4.78, 5) is 8.24. The largest absolute Gasteiger partial charge is 0.309 e. The zero-order valence-electron chi connectivity index (χ0n) is 14.1. The van der Waals surface area contributed by atoms with Crippen LogP contribution in [0.25, 0.3) is 38.8 Å². The number of rotatable bonds is 2. The highest BCUT2D eigenvalue weighted by Crippen LogP contribution is 2.33. The Balaban J connectivity index is 1.78. The molecule has 2 heterocycles. The molecule has 0 unspecified atom stereocenters. The van der Waals surface area contributed by atoms with E-state index < -0.39 is 0 Å². The van der Waals surface area contributed by atoms with Gasteiger partial charge in [-0.15, -0.1) is 0 Å². The molecule has 0 atom stereocenters. The SMILES string of the molecule is Clc1cc(-c2cccc(-n3c4ccccc4c4ccccc43)c2)nc(Cl)n1. The highest BCUT2D eigenvalue weighted by atomic mass is 35.5. The van der Waals surface area contributed by atoms with E-state index in [-0.39, 0.29) is 5.28 Å². The summed E-state index contributed by atoms with van der Waals surface area (Å²) >= 11 is 12.0. The van der Waals surface area contributed by atoms with Crippen LogP contribution in [0.2, 0.25) is 10.4 Å². The molecular formula is C22H13Cl2N3. The monoisotopic (exact) mass is 389 g/mol. The second kappa shape index (κ2) is 6.38. The van der Waals surface area contributed by atoms with Crippen molar-refractivity contribution in [3.63, 3.8) is 0 Å². The molecule has 0 saturated carbocycles. The summed E-state index contributed by atoms with van der Waals surface area (Å²) in [6.07, 6.45) is 0. The van der Waals surface area contributed by atoms with E-state index in [0.717, 1.165) is 22.3 Å². The van der Waals surface area contributed by atoms with Gasteiger partial charge in [-0.3, -0.25) is 0 Å². The molecular weight excluding hydrogens is 377 g/mol. The first-order valence-electron chi connectivity index (χ1n) is 8.50. The molecule has 0 aliphatic rings. The molecule has 5 heteroatoms. The smallest absolute Gasteiger partial charge is 0.224 e. The fourth-order valence-electron chi connectivity index (χ4n) is 3.54. The van der Waals surface area contributed by atoms with Gasteiger partial charge in [-0.05, 0) is 35.9 Å². The summed E-state index contributed by atoms with van der Waals surface area (Å²) in [7, 11) is 0. The molecule has 0 radical (unpaired) electrons. The van der Waals surface area contributed by atoms with Crippen molar-refractivity contribution in [1.82, 2.24) is 14.5 Å². The maximum atomic E-state index is 6.05. The van der Waals surface area contributed by atoms with Crippen LogP contribution in [0.15, 0.2) is 78.9 Å². The predicted octanol–water partition coefficient (Wildman–Crippen LogP) is 6.55. The molecule has 27 heavy (non-hydrogen) atoms. The fraction of sp³-hybridized carbons (Fsp3) is 0. The molecule has 3 nitrogen and oxygen atoms in total. The average Bonchev–Trinajstić information content (AvgIpc) is 3.02. The van der Waals surface area contributed by atoms with Crippen molar-refractivity contribution < 1.29 is 0 Å². The predicted molar refractivity (Wildman–Crippen MR) is 112 cm³/mol. The number of nitrogens with zero attached hydrogens (tertiary/aromatic N) is 3. The Kier molecular flexibility index (Phi) is 3.85. The summed E-state index contributed by atoms with van der Waals surface area (Å²) in [5.74, 6) is 0. The van der Waals surface area contributed by atoms with Crippen LogP contribution in [0.1, 0.15) is 0 Å². The van der Waals surface area contributed by atoms with E-state index in [4.69, 9.17) is 23.2 Å². The van der Waals surface area contributed by atoms with Crippen molar-refractivity contribution in [2.75, 3.05) is 0 Å². The maximum Gasteiger partial charge on any atom is 0.224 e. The van der Waals surface area contributed by atoms with Crippen LogP contribution in [0.5, 0.6) is 0 Å². The Morgan fingerprint density at radius 1 is 0.667 bits per heavy atom. The van der Waals surface area contributed by atoms with Gasteiger partial charge in [0.15, 0.2) is 0 Å². The van der Waals surface area contributed by atoms with Crippen LogP contribution >= 0.6 is 23.2 Å². The molecule has 0 bridgehead atoms. The van der Waals surface area contributed by atoms with Gasteiger partial charge in [-0.2, -0.15) is 0 Å². The van der Waals surface area contributed by atoms with Crippen LogP contribution in [0, 0.1) is 0 Å². The topological polar surface area (TPSA) is 30.7 Å². The molecule has 130 valence electrons. The van der Waals surface area contributed by atoms with Gasteiger partial charge in [0.25, 0.3) is 0 Å². The van der Waals surface area contributed by atoms with E-state index in [0.29, 0.717) is 10.8 Å². The normalized spacial score (nSPS) is 11.3. The summed E-state index contributed by atoms with van der Waals surface area (Å²) in [6.45, 7) is 0. The molecule has 0 N–H and O–H groups in total. The highest BCUT2D eigenvalue weighted by Gasteiger charge is 2.12. The van der Waals surface area contributed by atoms with Gasteiger partial charge < -0.3 is 4.57 Å². The summed E-state index contributed by atoms with van der Waals surface area (Å²) < 4.78 is 2.26. The molecule has 0 saturated heterocycles. The zero-order valence-corrected chi connectivity index (χ0v) is 15.6. The fourth-order valence-corrected chi connectivity index (χ4v) is 3.95. The second-order valence-corrected chi connectivity index (χ2v) is 6.99. The second-order valence-electron chi connectivity index (χ2n) is 6.26. The first-order valence-corrected chi connectivity index (χ1v) is 9.25. The first kappa shape index (κ1) is 16.3. The number of halogens is 2. The molecule has 3 aromatic carbocycles. The molecule has 2 aromatic heterocycles. The third kappa shape index (κ3) is 2.76. The van der Waals surface area contributed by atoms with Gasteiger partial charge in [0.1, 0.15) is 5.15 Å². The first-order chi connectivity index (χ1) is 13.2. The van der Waals surface area contributed by atoms with Crippen molar-refractivity contribution in [2.45, 2.75) is 0 Å². The Morgan fingerprint density at radius 3 is 2.00 bits per heavy atom. The van der Waals surface area contributed by atoms with Gasteiger partial charge in [-0.1, -0.05) is 60.1 Å². The van der Waals surface area contributed by atoms with Crippen LogP contribution in [-0.4, -0.2) is 14.5 Å². The minimum absolute atomic E-state index is 0.139. The molecule has 0 aliphatic heterocycles. The van der Waals surface area contributed by atoms with Gasteiger partial charge in [-0.25, -0.2) is 9.97 Å².